The van der Waals surface area contributed by atoms with Gasteiger partial charge in [-0.25, -0.2) is 0 Å². The van der Waals surface area contributed by atoms with Crippen molar-refractivity contribution < 1.29 is 0 Å². The molecule has 0 radical (unpaired) electrons. The highest BCUT2D eigenvalue weighted by molar-refractivity contribution is 7.25. The smallest absolute Gasteiger partial charge is 0.0546 e. The summed E-state index contributed by atoms with van der Waals surface area (Å²) in [6.07, 6.45) is 0. The van der Waals surface area contributed by atoms with Crippen molar-refractivity contribution in [3.8, 4) is 33.4 Å². The van der Waals surface area contributed by atoms with Gasteiger partial charge in [0.25, 0.3) is 0 Å². The molecule has 11 rings (SSSR count). The van der Waals surface area contributed by atoms with E-state index in [2.05, 4.69) is 207 Å². The zero-order valence-corrected chi connectivity index (χ0v) is 31.6. The minimum Gasteiger partial charge on any atom is -0.310 e. The molecule has 10 aromatic rings. The Hall–Kier alpha value is -6.48. The third kappa shape index (κ3) is 5.06. The maximum Gasteiger partial charge on any atom is 0.0546 e. The Morgan fingerprint density at radius 1 is 0.382 bits per heavy atom. The lowest BCUT2D eigenvalue weighted by Gasteiger charge is -2.29. The molecule has 2 heteroatoms. The van der Waals surface area contributed by atoms with Crippen LogP contribution in [0.4, 0.5) is 17.1 Å². The Balaban J connectivity index is 1.07. The summed E-state index contributed by atoms with van der Waals surface area (Å²) in [5.41, 5.74) is 13.6. The van der Waals surface area contributed by atoms with Gasteiger partial charge in [0, 0.05) is 42.3 Å². The molecular weight excluding hydrogens is 683 g/mol. The first-order valence-electron chi connectivity index (χ1n) is 19.1. The summed E-state index contributed by atoms with van der Waals surface area (Å²) >= 11 is 1.87. The van der Waals surface area contributed by atoms with Crippen molar-refractivity contribution in [2.75, 3.05) is 4.90 Å². The number of thiophene rings is 1. The van der Waals surface area contributed by atoms with Crippen molar-refractivity contribution in [1.29, 1.82) is 0 Å². The van der Waals surface area contributed by atoms with Gasteiger partial charge in [-0.05, 0) is 115 Å². The Bertz CT molecular complexity index is 3110. The van der Waals surface area contributed by atoms with Crippen molar-refractivity contribution >= 4 is 70.1 Å². The van der Waals surface area contributed by atoms with Crippen LogP contribution in [0.1, 0.15) is 25.0 Å². The maximum absolute atomic E-state index is 2.48. The third-order valence-electron chi connectivity index (χ3n) is 11.8. The molecule has 0 spiro atoms. The van der Waals surface area contributed by atoms with Gasteiger partial charge in [-0.15, -0.1) is 11.3 Å². The Kier molecular flexibility index (Phi) is 7.14. The summed E-state index contributed by atoms with van der Waals surface area (Å²) in [5, 5.41) is 7.65. The van der Waals surface area contributed by atoms with E-state index in [0.29, 0.717) is 0 Å². The predicted octanol–water partition coefficient (Wildman–Crippen LogP) is 15.5. The van der Waals surface area contributed by atoms with Gasteiger partial charge < -0.3 is 4.90 Å². The molecule has 1 aromatic heterocycles. The van der Waals surface area contributed by atoms with Crippen molar-refractivity contribution in [2.45, 2.75) is 19.3 Å². The lowest BCUT2D eigenvalue weighted by molar-refractivity contribution is 0.660. The highest BCUT2D eigenvalue weighted by atomic mass is 32.1. The largest absolute Gasteiger partial charge is 0.310 e. The Labute approximate surface area is 325 Å². The van der Waals surface area contributed by atoms with Crippen LogP contribution in [0.15, 0.2) is 188 Å². The van der Waals surface area contributed by atoms with Crippen LogP contribution in [-0.2, 0) is 5.41 Å². The van der Waals surface area contributed by atoms with Crippen LogP contribution < -0.4 is 4.90 Å². The second kappa shape index (κ2) is 12.3. The summed E-state index contributed by atoms with van der Waals surface area (Å²) in [7, 11) is 0. The molecule has 0 N–H and O–H groups in total. The lowest BCUT2D eigenvalue weighted by atomic mass is 9.81. The minimum absolute atomic E-state index is 0.170. The van der Waals surface area contributed by atoms with Crippen LogP contribution >= 0.6 is 11.3 Å². The molecule has 0 atom stereocenters. The van der Waals surface area contributed by atoms with Crippen molar-refractivity contribution in [3.63, 3.8) is 0 Å². The van der Waals surface area contributed by atoms with Crippen LogP contribution in [0.3, 0.4) is 0 Å². The highest BCUT2D eigenvalue weighted by Gasteiger charge is 2.36. The second-order valence-electron chi connectivity index (χ2n) is 15.3. The SMILES string of the molecule is CC1(C)c2cc(-c3ccccc3)ccc2-c2ccc(N(c3ccc(-c4ccc5sc6ccccc6c5c4)cc3)c3cc4ccccc4c4ccccc34)cc21. The molecule has 0 bridgehead atoms. The number of rotatable bonds is 5. The zero-order chi connectivity index (χ0) is 36.7. The van der Waals surface area contributed by atoms with Crippen molar-refractivity contribution in [2.24, 2.45) is 0 Å². The van der Waals surface area contributed by atoms with E-state index in [0.717, 1.165) is 11.4 Å². The number of anilines is 3. The van der Waals surface area contributed by atoms with Gasteiger partial charge in [0.15, 0.2) is 0 Å². The van der Waals surface area contributed by atoms with Gasteiger partial charge in [0.1, 0.15) is 0 Å². The number of benzene rings is 9. The fourth-order valence-corrected chi connectivity index (χ4v) is 10.1. The molecule has 1 aliphatic rings. The molecule has 0 unspecified atom stereocenters. The summed E-state index contributed by atoms with van der Waals surface area (Å²) < 4.78 is 2.66. The van der Waals surface area contributed by atoms with Crippen LogP contribution in [0, 0.1) is 0 Å². The average Bonchev–Trinajstić information content (AvgIpc) is 3.72. The predicted molar refractivity (Wildman–Crippen MR) is 237 cm³/mol. The fraction of sp³-hybridized carbons (Fsp3) is 0.0566. The number of hydrogen-bond acceptors (Lipinski definition) is 2. The van der Waals surface area contributed by atoms with Crippen LogP contribution in [-0.4, -0.2) is 0 Å². The molecule has 260 valence electrons. The van der Waals surface area contributed by atoms with Gasteiger partial charge in [0.05, 0.1) is 5.69 Å². The topological polar surface area (TPSA) is 3.24 Å². The molecular formula is C53H37NS. The van der Waals surface area contributed by atoms with E-state index in [9.17, 15) is 0 Å². The quantitative estimate of drug-likeness (QED) is 0.160. The highest BCUT2D eigenvalue weighted by Crippen LogP contribution is 2.52. The van der Waals surface area contributed by atoms with Gasteiger partial charge in [-0.1, -0.05) is 147 Å². The van der Waals surface area contributed by atoms with E-state index in [1.165, 1.54) is 91.9 Å². The molecule has 0 saturated heterocycles. The number of fused-ring (bicyclic) bond motifs is 9. The Morgan fingerprint density at radius 2 is 0.945 bits per heavy atom. The lowest BCUT2D eigenvalue weighted by Crippen LogP contribution is -2.17. The molecule has 0 saturated carbocycles. The molecule has 0 amide bonds. The average molecular weight is 720 g/mol. The first-order chi connectivity index (χ1) is 27.0. The molecule has 0 aliphatic heterocycles. The molecule has 1 nitrogen and oxygen atoms in total. The fourth-order valence-electron chi connectivity index (χ4n) is 9.03. The maximum atomic E-state index is 2.48. The van der Waals surface area contributed by atoms with Gasteiger partial charge in [-0.3, -0.25) is 0 Å². The van der Waals surface area contributed by atoms with Crippen molar-refractivity contribution in [3.05, 3.63) is 199 Å². The van der Waals surface area contributed by atoms with Gasteiger partial charge in [-0.2, -0.15) is 0 Å². The molecule has 0 fully saturated rings. The number of hydrogen-bond donors (Lipinski definition) is 0. The molecule has 55 heavy (non-hydrogen) atoms. The van der Waals surface area contributed by atoms with Crippen LogP contribution in [0.5, 0.6) is 0 Å². The summed E-state index contributed by atoms with van der Waals surface area (Å²) in [4.78, 5) is 2.48. The molecule has 1 heterocycles. The standard InChI is InChI=1S/C53H37NS/c1-53(2)48-31-37(34-12-4-3-5-13-34)22-27-43(48)44-28-26-40(33-49(44)53)54(50-32-38-14-6-7-15-41(38)42-16-8-9-17-45(42)50)39-24-20-35(21-25-39)36-23-29-52-47(30-36)46-18-10-11-19-51(46)55-52/h3-33H,1-2H3. The van der Waals surface area contributed by atoms with Gasteiger partial charge >= 0.3 is 0 Å². The Morgan fingerprint density at radius 3 is 1.76 bits per heavy atom. The summed E-state index contributed by atoms with van der Waals surface area (Å²) in [6, 6.07) is 69.7. The van der Waals surface area contributed by atoms with Gasteiger partial charge in [0.2, 0.25) is 0 Å². The van der Waals surface area contributed by atoms with E-state index < -0.39 is 0 Å². The van der Waals surface area contributed by atoms with E-state index in [1.807, 2.05) is 11.3 Å². The van der Waals surface area contributed by atoms with E-state index in [4.69, 9.17) is 0 Å². The van der Waals surface area contributed by atoms with E-state index in [-0.39, 0.29) is 5.41 Å². The van der Waals surface area contributed by atoms with Crippen LogP contribution in [0.25, 0.3) is 75.1 Å². The monoisotopic (exact) mass is 719 g/mol. The van der Waals surface area contributed by atoms with E-state index in [1.54, 1.807) is 0 Å². The third-order valence-corrected chi connectivity index (χ3v) is 13.0. The first kappa shape index (κ1) is 32.0. The second-order valence-corrected chi connectivity index (χ2v) is 16.4. The number of nitrogens with zero attached hydrogens (tertiary/aromatic N) is 1. The van der Waals surface area contributed by atoms with E-state index >= 15 is 0 Å². The first-order valence-corrected chi connectivity index (χ1v) is 19.9. The molecule has 1 aliphatic carbocycles. The summed E-state index contributed by atoms with van der Waals surface area (Å²) in [5.74, 6) is 0. The molecule has 9 aromatic carbocycles. The normalized spacial score (nSPS) is 13.1. The van der Waals surface area contributed by atoms with Crippen molar-refractivity contribution in [1.82, 2.24) is 0 Å². The summed E-state index contributed by atoms with van der Waals surface area (Å²) in [6.45, 7) is 4.77. The zero-order valence-electron chi connectivity index (χ0n) is 30.8. The minimum atomic E-state index is -0.170. The van der Waals surface area contributed by atoms with Crippen LogP contribution in [0.2, 0.25) is 0 Å².